The van der Waals surface area contributed by atoms with Gasteiger partial charge < -0.3 is 15.0 Å². The molecule has 0 spiro atoms. The van der Waals surface area contributed by atoms with E-state index in [1.807, 2.05) is 26.0 Å². The fourth-order valence-corrected chi connectivity index (χ4v) is 5.79. The average molecular weight is 516 g/mol. The lowest BCUT2D eigenvalue weighted by atomic mass is 10.1. The third-order valence-corrected chi connectivity index (χ3v) is 7.95. The van der Waals surface area contributed by atoms with Gasteiger partial charge in [0, 0.05) is 26.1 Å². The van der Waals surface area contributed by atoms with Gasteiger partial charge in [-0.25, -0.2) is 12.7 Å². The Balaban J connectivity index is 1.73. The molecule has 0 saturated heterocycles. The number of rotatable bonds is 12. The highest BCUT2D eigenvalue weighted by Crippen LogP contribution is 2.30. The average Bonchev–Trinajstić information content (AvgIpc) is 3.08. The molecule has 0 unspecified atom stereocenters. The molecule has 1 N–H and O–H groups in total. The van der Waals surface area contributed by atoms with Crippen molar-refractivity contribution in [3.63, 3.8) is 0 Å². The van der Waals surface area contributed by atoms with Crippen LogP contribution in [0.25, 0.3) is 0 Å². The van der Waals surface area contributed by atoms with E-state index >= 15 is 0 Å². The van der Waals surface area contributed by atoms with Gasteiger partial charge in [0.2, 0.25) is 11.8 Å². The Hall–Kier alpha value is -3.40. The van der Waals surface area contributed by atoms with E-state index in [2.05, 4.69) is 5.32 Å². The predicted octanol–water partition coefficient (Wildman–Crippen LogP) is 2.95. The number of hydrogen-bond donors (Lipinski definition) is 1. The molecule has 10 heteroatoms. The monoisotopic (exact) mass is 515 g/mol. The van der Waals surface area contributed by atoms with Crippen molar-refractivity contribution < 1.29 is 27.5 Å². The molecule has 1 atom stereocenters. The first-order valence-corrected chi connectivity index (χ1v) is 13.5. The molecule has 0 bridgehead atoms. The Morgan fingerprint density at radius 3 is 2.39 bits per heavy atom. The summed E-state index contributed by atoms with van der Waals surface area (Å²) in [6.07, 6.45) is 1.33. The second-order valence-electron chi connectivity index (χ2n) is 8.57. The summed E-state index contributed by atoms with van der Waals surface area (Å²) < 4.78 is 31.6. The molecule has 3 rings (SSSR count). The molecule has 3 amide bonds. The lowest BCUT2D eigenvalue weighted by Crippen LogP contribution is -2.49. The molecular formula is C26H33N3O6S. The molecule has 9 nitrogen and oxygen atoms in total. The largest absolute Gasteiger partial charge is 0.497 e. The molecule has 0 fully saturated rings. The number of sulfonamides is 1. The van der Waals surface area contributed by atoms with Crippen molar-refractivity contribution in [1.29, 1.82) is 0 Å². The molecule has 0 aromatic heterocycles. The molecule has 0 radical (unpaired) electrons. The maximum Gasteiger partial charge on any atom is 0.269 e. The highest BCUT2D eigenvalue weighted by molar-refractivity contribution is 7.90. The van der Waals surface area contributed by atoms with Gasteiger partial charge in [-0.05, 0) is 49.1 Å². The van der Waals surface area contributed by atoms with E-state index in [1.54, 1.807) is 31.4 Å². The van der Waals surface area contributed by atoms with Crippen molar-refractivity contribution in [3.05, 3.63) is 59.7 Å². The Labute approximate surface area is 212 Å². The minimum absolute atomic E-state index is 0.0106. The summed E-state index contributed by atoms with van der Waals surface area (Å²) in [6.45, 7) is 4.41. The van der Waals surface area contributed by atoms with Crippen molar-refractivity contribution in [2.45, 2.75) is 57.0 Å². The number of carbonyl (C=O) groups is 3. The molecular weight excluding hydrogens is 482 g/mol. The predicted molar refractivity (Wildman–Crippen MR) is 135 cm³/mol. The summed E-state index contributed by atoms with van der Waals surface area (Å²) in [5.74, 6) is -0.416. The second-order valence-corrected chi connectivity index (χ2v) is 10.4. The van der Waals surface area contributed by atoms with Crippen LogP contribution in [0.2, 0.25) is 0 Å². The Bertz CT molecular complexity index is 1200. The van der Waals surface area contributed by atoms with Gasteiger partial charge in [0.1, 0.15) is 16.7 Å². The molecule has 0 aliphatic carbocycles. The molecule has 2 aromatic rings. The highest BCUT2D eigenvalue weighted by atomic mass is 32.2. The third-order valence-electron chi connectivity index (χ3n) is 6.11. The van der Waals surface area contributed by atoms with Gasteiger partial charge >= 0.3 is 0 Å². The lowest BCUT2D eigenvalue weighted by Gasteiger charge is -2.31. The summed E-state index contributed by atoms with van der Waals surface area (Å²) in [5.41, 5.74) is 0.974. The van der Waals surface area contributed by atoms with Crippen LogP contribution >= 0.6 is 0 Å². The number of nitrogens with zero attached hydrogens (tertiary/aromatic N) is 2. The molecule has 36 heavy (non-hydrogen) atoms. The van der Waals surface area contributed by atoms with Gasteiger partial charge in [0.25, 0.3) is 15.9 Å². The molecule has 194 valence electrons. The number of amides is 3. The standard InChI is InChI=1S/C26H33N3O6S/c1-4-16-27-25(31)22(5-2)28(18-19-12-14-20(35-3)15-13-19)24(30)11-8-17-29-26(32)21-9-6-7-10-23(21)36(29,33)34/h6-7,9-10,12-15,22H,4-5,8,11,16-18H2,1-3H3,(H,27,31)/t22-/m1/s1. The number of nitrogens with one attached hydrogen (secondary N) is 1. The van der Waals surface area contributed by atoms with E-state index in [-0.39, 0.29) is 48.2 Å². The number of hydrogen-bond acceptors (Lipinski definition) is 6. The molecule has 1 heterocycles. The first kappa shape index (κ1) is 27.2. The number of carbonyl (C=O) groups excluding carboxylic acids is 3. The summed E-state index contributed by atoms with van der Waals surface area (Å²) >= 11 is 0. The first-order valence-electron chi connectivity index (χ1n) is 12.1. The highest BCUT2D eigenvalue weighted by Gasteiger charge is 2.40. The number of methoxy groups -OCH3 is 1. The van der Waals surface area contributed by atoms with E-state index in [9.17, 15) is 22.8 Å². The van der Waals surface area contributed by atoms with Crippen molar-refractivity contribution in [3.8, 4) is 5.75 Å². The van der Waals surface area contributed by atoms with Gasteiger partial charge in [-0.3, -0.25) is 14.4 Å². The van der Waals surface area contributed by atoms with Crippen molar-refractivity contribution in [2.24, 2.45) is 0 Å². The zero-order chi connectivity index (χ0) is 26.3. The quantitative estimate of drug-likeness (QED) is 0.465. The topological polar surface area (TPSA) is 113 Å². The van der Waals surface area contributed by atoms with Crippen LogP contribution in [-0.2, 0) is 26.2 Å². The van der Waals surface area contributed by atoms with E-state index in [0.717, 1.165) is 16.3 Å². The van der Waals surface area contributed by atoms with Crippen LogP contribution in [0.15, 0.2) is 53.4 Å². The van der Waals surface area contributed by atoms with E-state index < -0.39 is 22.0 Å². The summed E-state index contributed by atoms with van der Waals surface area (Å²) in [4.78, 5) is 40.4. The number of fused-ring (bicyclic) bond motifs is 1. The molecule has 1 aliphatic rings. The van der Waals surface area contributed by atoms with E-state index in [1.165, 1.54) is 17.0 Å². The summed E-state index contributed by atoms with van der Waals surface area (Å²) in [5, 5.41) is 2.87. The maximum atomic E-state index is 13.4. The first-order chi connectivity index (χ1) is 17.2. The third kappa shape index (κ3) is 5.87. The molecule has 1 aliphatic heterocycles. The minimum Gasteiger partial charge on any atom is -0.497 e. The zero-order valence-corrected chi connectivity index (χ0v) is 21.7. The molecule has 0 saturated carbocycles. The van der Waals surface area contributed by atoms with Gasteiger partial charge in [0.15, 0.2) is 0 Å². The van der Waals surface area contributed by atoms with Gasteiger partial charge in [-0.2, -0.15) is 0 Å². The Morgan fingerprint density at radius 2 is 1.78 bits per heavy atom. The van der Waals surface area contributed by atoms with Crippen LogP contribution in [0.1, 0.15) is 55.5 Å². The zero-order valence-electron chi connectivity index (χ0n) is 20.9. The van der Waals surface area contributed by atoms with Crippen LogP contribution in [0.4, 0.5) is 0 Å². The Morgan fingerprint density at radius 1 is 1.08 bits per heavy atom. The lowest BCUT2D eigenvalue weighted by molar-refractivity contribution is -0.141. The number of benzene rings is 2. The van der Waals surface area contributed by atoms with E-state index in [4.69, 9.17) is 4.74 Å². The van der Waals surface area contributed by atoms with Crippen LogP contribution in [-0.4, -0.2) is 61.6 Å². The van der Waals surface area contributed by atoms with Crippen LogP contribution in [0.3, 0.4) is 0 Å². The maximum absolute atomic E-state index is 13.4. The minimum atomic E-state index is -3.93. The fraction of sp³-hybridized carbons (Fsp3) is 0.423. The van der Waals surface area contributed by atoms with Crippen molar-refractivity contribution >= 4 is 27.7 Å². The normalized spacial score (nSPS) is 14.8. The Kier molecular flexibility index (Phi) is 9.08. The van der Waals surface area contributed by atoms with Crippen molar-refractivity contribution in [2.75, 3.05) is 20.2 Å². The summed E-state index contributed by atoms with van der Waals surface area (Å²) in [6, 6.07) is 12.7. The van der Waals surface area contributed by atoms with E-state index in [0.29, 0.717) is 18.7 Å². The fourth-order valence-electron chi connectivity index (χ4n) is 4.18. The van der Waals surface area contributed by atoms with Crippen LogP contribution < -0.4 is 10.1 Å². The van der Waals surface area contributed by atoms with Gasteiger partial charge in [-0.15, -0.1) is 0 Å². The summed E-state index contributed by atoms with van der Waals surface area (Å²) in [7, 11) is -2.36. The van der Waals surface area contributed by atoms with Crippen LogP contribution in [0.5, 0.6) is 5.75 Å². The smallest absolute Gasteiger partial charge is 0.269 e. The SMILES string of the molecule is CCCNC(=O)[C@@H](CC)N(Cc1ccc(OC)cc1)C(=O)CCCN1C(=O)c2ccccc2S1(=O)=O. The number of ether oxygens (including phenoxy) is 1. The molecule has 2 aromatic carbocycles. The van der Waals surface area contributed by atoms with Crippen LogP contribution in [0, 0.1) is 0 Å². The van der Waals surface area contributed by atoms with Crippen molar-refractivity contribution in [1.82, 2.24) is 14.5 Å². The van der Waals surface area contributed by atoms with Gasteiger partial charge in [-0.1, -0.05) is 38.1 Å². The van der Waals surface area contributed by atoms with Gasteiger partial charge in [0.05, 0.1) is 12.7 Å². The second kappa shape index (κ2) is 12.0.